The molecule has 2 aromatic rings. The molecule has 1 amide bonds. The number of nitrogens with zero attached hydrogens (tertiary/aromatic N) is 3. The van der Waals surface area contributed by atoms with E-state index in [9.17, 15) is 4.79 Å². The second-order valence-corrected chi connectivity index (χ2v) is 3.67. The highest BCUT2D eigenvalue weighted by atomic mass is 16.2. The number of nitrogens with one attached hydrogen (secondary N) is 1. The first-order valence-electron chi connectivity index (χ1n) is 5.12. The van der Waals surface area contributed by atoms with E-state index < -0.39 is 0 Å². The summed E-state index contributed by atoms with van der Waals surface area (Å²) in [5, 5.41) is 0. The summed E-state index contributed by atoms with van der Waals surface area (Å²) in [4.78, 5) is 24.4. The van der Waals surface area contributed by atoms with Gasteiger partial charge in [-0.2, -0.15) is 0 Å². The van der Waals surface area contributed by atoms with Crippen molar-refractivity contribution in [3.8, 4) is 0 Å². The van der Waals surface area contributed by atoms with Gasteiger partial charge in [-0.1, -0.05) is 0 Å². The Morgan fingerprint density at radius 1 is 1.47 bits per heavy atom. The van der Waals surface area contributed by atoms with Gasteiger partial charge >= 0.3 is 0 Å². The summed E-state index contributed by atoms with van der Waals surface area (Å²) in [5.74, 6) is 1.02. The number of nitrogen functional groups attached to an aromatic ring is 1. The first kappa shape index (κ1) is 11.1. The van der Waals surface area contributed by atoms with Gasteiger partial charge in [-0.15, -0.1) is 0 Å². The fourth-order valence-electron chi connectivity index (χ4n) is 1.43. The lowest BCUT2D eigenvalue weighted by Crippen LogP contribution is -2.26. The normalized spacial score (nSPS) is 10.2. The molecule has 0 aliphatic carbocycles. The van der Waals surface area contributed by atoms with Crippen molar-refractivity contribution in [2.45, 2.75) is 6.54 Å². The molecule has 2 heterocycles. The van der Waals surface area contributed by atoms with E-state index in [1.807, 2.05) is 0 Å². The molecule has 0 atom stereocenters. The number of carbonyl (C=O) groups is 1. The second kappa shape index (κ2) is 4.65. The van der Waals surface area contributed by atoms with Crippen molar-refractivity contribution in [1.82, 2.24) is 19.9 Å². The molecule has 2 rings (SSSR count). The zero-order chi connectivity index (χ0) is 12.3. The highest BCUT2D eigenvalue weighted by Gasteiger charge is 2.12. The summed E-state index contributed by atoms with van der Waals surface area (Å²) in [5.41, 5.74) is 5.97. The number of nitrogens with two attached hydrogens (primary N) is 1. The summed E-state index contributed by atoms with van der Waals surface area (Å²) < 4.78 is 0. The minimum atomic E-state index is -0.117. The fourth-order valence-corrected chi connectivity index (χ4v) is 1.43. The van der Waals surface area contributed by atoms with Crippen molar-refractivity contribution in [2.75, 3.05) is 12.8 Å². The average molecular weight is 231 g/mol. The molecule has 0 aliphatic heterocycles. The minimum absolute atomic E-state index is 0.117. The lowest BCUT2D eigenvalue weighted by Gasteiger charge is -2.15. The Balaban J connectivity index is 2.07. The molecular weight excluding hydrogens is 218 g/mol. The van der Waals surface area contributed by atoms with Gasteiger partial charge < -0.3 is 15.6 Å². The highest BCUT2D eigenvalue weighted by molar-refractivity contribution is 5.93. The summed E-state index contributed by atoms with van der Waals surface area (Å²) in [6.07, 6.45) is 4.84. The number of anilines is 1. The van der Waals surface area contributed by atoms with Crippen LogP contribution in [0.4, 0.5) is 5.82 Å². The maximum atomic E-state index is 12.0. The molecule has 2 aromatic heterocycles. The van der Waals surface area contributed by atoms with Gasteiger partial charge in [0.2, 0.25) is 0 Å². The van der Waals surface area contributed by atoms with Gasteiger partial charge in [0.15, 0.2) is 0 Å². The number of hydrogen-bond acceptors (Lipinski definition) is 4. The van der Waals surface area contributed by atoms with Crippen molar-refractivity contribution in [1.29, 1.82) is 0 Å². The topological polar surface area (TPSA) is 87.9 Å². The quantitative estimate of drug-likeness (QED) is 0.812. The predicted octanol–water partition coefficient (Wildman–Crippen LogP) is 0.659. The van der Waals surface area contributed by atoms with Crippen LogP contribution < -0.4 is 5.73 Å². The number of aromatic nitrogens is 3. The van der Waals surface area contributed by atoms with Crippen LogP contribution in [-0.2, 0) is 6.54 Å². The van der Waals surface area contributed by atoms with Gasteiger partial charge in [0, 0.05) is 25.6 Å². The van der Waals surface area contributed by atoms with Crippen LogP contribution in [0.5, 0.6) is 0 Å². The zero-order valence-electron chi connectivity index (χ0n) is 9.42. The lowest BCUT2D eigenvalue weighted by molar-refractivity contribution is 0.0781. The number of imidazole rings is 1. The molecule has 3 N–H and O–H groups in total. The van der Waals surface area contributed by atoms with Crippen LogP contribution in [0.15, 0.2) is 30.7 Å². The number of carbonyl (C=O) groups excluding carboxylic acids is 1. The molecule has 17 heavy (non-hydrogen) atoms. The van der Waals surface area contributed by atoms with E-state index in [0.29, 0.717) is 17.9 Å². The predicted molar refractivity (Wildman–Crippen MR) is 63.0 cm³/mol. The van der Waals surface area contributed by atoms with Gasteiger partial charge in [-0.25, -0.2) is 9.97 Å². The van der Waals surface area contributed by atoms with E-state index in [2.05, 4.69) is 15.0 Å². The number of H-pyrrole nitrogens is 1. The Bertz CT molecular complexity index is 491. The zero-order valence-corrected chi connectivity index (χ0v) is 9.42. The van der Waals surface area contributed by atoms with Crippen LogP contribution in [0.2, 0.25) is 0 Å². The largest absolute Gasteiger partial charge is 0.384 e. The van der Waals surface area contributed by atoms with Gasteiger partial charge in [0.25, 0.3) is 5.91 Å². The lowest BCUT2D eigenvalue weighted by atomic mass is 10.2. The summed E-state index contributed by atoms with van der Waals surface area (Å²) >= 11 is 0. The third kappa shape index (κ3) is 2.60. The Hall–Kier alpha value is -2.37. The highest BCUT2D eigenvalue weighted by Crippen LogP contribution is 2.06. The van der Waals surface area contributed by atoms with Crippen LogP contribution in [0.25, 0.3) is 0 Å². The molecule has 0 unspecified atom stereocenters. The standard InChI is InChI=1S/C11H13N5O/c1-16(7-10-13-4-5-14-10)11(17)8-2-3-9(12)15-6-8/h2-6H,7H2,1H3,(H2,12,15)(H,13,14). The smallest absolute Gasteiger partial charge is 0.255 e. The minimum Gasteiger partial charge on any atom is -0.384 e. The van der Waals surface area contributed by atoms with Crippen molar-refractivity contribution in [3.63, 3.8) is 0 Å². The summed E-state index contributed by atoms with van der Waals surface area (Å²) in [6.45, 7) is 0.427. The third-order valence-electron chi connectivity index (χ3n) is 2.32. The molecule has 0 saturated carbocycles. The Kier molecular flexibility index (Phi) is 3.04. The molecule has 0 aromatic carbocycles. The molecule has 0 aliphatic rings. The number of hydrogen-bond donors (Lipinski definition) is 2. The van der Waals surface area contributed by atoms with Crippen molar-refractivity contribution in [2.24, 2.45) is 0 Å². The third-order valence-corrected chi connectivity index (χ3v) is 2.32. The molecule has 0 spiro atoms. The monoisotopic (exact) mass is 231 g/mol. The first-order valence-corrected chi connectivity index (χ1v) is 5.12. The fraction of sp³-hybridized carbons (Fsp3) is 0.182. The maximum absolute atomic E-state index is 12.0. The summed E-state index contributed by atoms with van der Waals surface area (Å²) in [7, 11) is 1.71. The van der Waals surface area contributed by atoms with Gasteiger partial charge in [0.1, 0.15) is 11.6 Å². The maximum Gasteiger partial charge on any atom is 0.255 e. The second-order valence-electron chi connectivity index (χ2n) is 3.67. The SMILES string of the molecule is CN(Cc1ncc[nH]1)C(=O)c1ccc(N)nc1. The Morgan fingerprint density at radius 2 is 2.29 bits per heavy atom. The Morgan fingerprint density at radius 3 is 2.88 bits per heavy atom. The van der Waals surface area contributed by atoms with Crippen LogP contribution in [0.1, 0.15) is 16.2 Å². The van der Waals surface area contributed by atoms with E-state index in [-0.39, 0.29) is 5.91 Å². The number of rotatable bonds is 3. The summed E-state index contributed by atoms with van der Waals surface area (Å²) in [6, 6.07) is 3.26. The van der Waals surface area contributed by atoms with Gasteiger partial charge in [-0.3, -0.25) is 4.79 Å². The van der Waals surface area contributed by atoms with E-state index >= 15 is 0 Å². The van der Waals surface area contributed by atoms with Gasteiger partial charge in [0.05, 0.1) is 12.1 Å². The molecule has 6 heteroatoms. The number of amides is 1. The van der Waals surface area contributed by atoms with Crippen molar-refractivity contribution in [3.05, 3.63) is 42.1 Å². The van der Waals surface area contributed by atoms with Crippen LogP contribution in [0.3, 0.4) is 0 Å². The van der Waals surface area contributed by atoms with Crippen LogP contribution >= 0.6 is 0 Å². The average Bonchev–Trinajstić information content (AvgIpc) is 2.82. The number of aromatic amines is 1. The molecule has 0 radical (unpaired) electrons. The molecule has 6 nitrogen and oxygen atoms in total. The van der Waals surface area contributed by atoms with E-state index in [0.717, 1.165) is 5.82 Å². The first-order chi connectivity index (χ1) is 8.16. The van der Waals surface area contributed by atoms with Crippen molar-refractivity contribution >= 4 is 11.7 Å². The number of pyridine rings is 1. The molecule has 0 bridgehead atoms. The molecule has 88 valence electrons. The van der Waals surface area contributed by atoms with E-state index in [4.69, 9.17) is 5.73 Å². The molecular formula is C11H13N5O. The van der Waals surface area contributed by atoms with Crippen molar-refractivity contribution < 1.29 is 4.79 Å². The van der Waals surface area contributed by atoms with E-state index in [1.54, 1.807) is 36.5 Å². The molecule has 0 fully saturated rings. The van der Waals surface area contributed by atoms with Gasteiger partial charge in [-0.05, 0) is 12.1 Å². The molecule has 0 saturated heterocycles. The van der Waals surface area contributed by atoms with Crippen LogP contribution in [-0.4, -0.2) is 32.8 Å². The van der Waals surface area contributed by atoms with Crippen LogP contribution in [0, 0.1) is 0 Å². The Labute approximate surface area is 98.5 Å². The van der Waals surface area contributed by atoms with E-state index in [1.165, 1.54) is 6.20 Å².